The lowest BCUT2D eigenvalue weighted by Crippen LogP contribution is -2.60. The second-order valence-electron chi connectivity index (χ2n) is 21.2. The lowest BCUT2D eigenvalue weighted by atomic mass is 9.99. The number of hydrogen-bond donors (Lipinski definition) is 6. The number of rotatable bonds is 25. The van der Waals surface area contributed by atoms with Gasteiger partial charge in [0.2, 0.25) is 23.6 Å². The monoisotopic (exact) mass is 1080 g/mol. The maximum Gasteiger partial charge on any atom is 0.408 e. The van der Waals surface area contributed by atoms with Crippen LogP contribution in [0.3, 0.4) is 0 Å². The average Bonchev–Trinajstić information content (AvgIpc) is 3.36. The molecule has 4 rings (SSSR count). The molecule has 0 aromatic heterocycles. The topological polar surface area (TPSA) is 258 Å². The summed E-state index contributed by atoms with van der Waals surface area (Å²) in [5, 5.41) is 15.2. The number of amides is 7. The molecule has 21 heteroatoms. The van der Waals surface area contributed by atoms with E-state index in [9.17, 15) is 38.1 Å². The van der Waals surface area contributed by atoms with Crippen LogP contribution in [-0.2, 0) is 66.4 Å². The molecule has 4 atom stereocenters. The molecule has 1 heterocycles. The molecule has 0 aliphatic carbocycles. The van der Waals surface area contributed by atoms with E-state index in [1.165, 1.54) is 19.1 Å². The van der Waals surface area contributed by atoms with Gasteiger partial charge in [-0.3, -0.25) is 23.7 Å². The zero-order valence-electron chi connectivity index (χ0n) is 45.7. The van der Waals surface area contributed by atoms with E-state index >= 15 is 0 Å². The molecule has 4 unspecified atom stereocenters. The van der Waals surface area contributed by atoms with E-state index in [2.05, 4.69) is 31.9 Å². The number of unbranched alkanes of at least 4 members (excludes halogenated alkanes) is 1. The molecule has 3 aromatic carbocycles. The molecule has 0 spiro atoms. The summed E-state index contributed by atoms with van der Waals surface area (Å²) in [5.41, 5.74) is 0.601. The Balaban J connectivity index is 1.59. The average molecular weight is 1080 g/mol. The first-order chi connectivity index (χ1) is 35.8. The highest BCUT2D eigenvalue weighted by Gasteiger charge is 2.54. The van der Waals surface area contributed by atoms with Crippen LogP contribution in [0.5, 0.6) is 0 Å². The van der Waals surface area contributed by atoms with Crippen LogP contribution < -0.4 is 31.9 Å². The largest absolute Gasteiger partial charge is 0.445 e. The number of carbonyl (C=O) groups is 7. The van der Waals surface area contributed by atoms with Crippen LogP contribution in [0.4, 0.5) is 14.4 Å². The summed E-state index contributed by atoms with van der Waals surface area (Å²) < 4.78 is 41.4. The Morgan fingerprint density at radius 2 is 1.04 bits per heavy atom. The quantitative estimate of drug-likeness (QED) is 0.0277. The van der Waals surface area contributed by atoms with E-state index in [-0.39, 0.29) is 70.7 Å². The number of ether oxygens (including phenoxy) is 3. The smallest absolute Gasteiger partial charge is 0.408 e. The molecular weight excluding hydrogens is 998 g/mol. The molecule has 1 saturated heterocycles. The predicted molar refractivity (Wildman–Crippen MR) is 287 cm³/mol. The van der Waals surface area contributed by atoms with Crippen molar-refractivity contribution in [2.45, 2.75) is 154 Å². The first-order valence-electron chi connectivity index (χ1n) is 25.8. The molecule has 0 saturated carbocycles. The molecule has 7 amide bonds. The highest BCUT2D eigenvalue weighted by Crippen LogP contribution is 2.61. The summed E-state index contributed by atoms with van der Waals surface area (Å²) in [7, 11) is -1.64. The summed E-state index contributed by atoms with van der Waals surface area (Å²) in [5.74, 6) is -2.64. The van der Waals surface area contributed by atoms with Gasteiger partial charge in [-0.25, -0.2) is 14.4 Å². The van der Waals surface area contributed by atoms with Crippen LogP contribution in [0.2, 0.25) is 0 Å². The summed E-state index contributed by atoms with van der Waals surface area (Å²) in [6.07, 6.45) is -1.32. The predicted octanol–water partition coefficient (Wildman–Crippen LogP) is 7.29. The number of alkyl carbamates (subject to hydrolysis) is 3. The number of benzene rings is 3. The molecule has 418 valence electrons. The first kappa shape index (κ1) is 62.0. The molecule has 3 aromatic rings. The Kier molecular flexibility index (Phi) is 23.8. The Morgan fingerprint density at radius 1 is 0.592 bits per heavy atom. The fraction of sp³-hybridized carbons (Fsp3) is 0.545. The summed E-state index contributed by atoms with van der Waals surface area (Å²) >= 11 is 0. The number of hydrogen-bond acceptors (Lipinski definition) is 13. The van der Waals surface area contributed by atoms with Crippen LogP contribution in [0.15, 0.2) is 91.0 Å². The van der Waals surface area contributed by atoms with Gasteiger partial charge in [0, 0.05) is 46.7 Å². The highest BCUT2D eigenvalue weighted by molar-refractivity contribution is 7.55. The third kappa shape index (κ3) is 20.6. The fourth-order valence-electron chi connectivity index (χ4n) is 8.48. The molecule has 20 nitrogen and oxygen atoms in total. The molecule has 0 bridgehead atoms. The van der Waals surface area contributed by atoms with Crippen molar-refractivity contribution >= 4 is 49.5 Å². The SMILES string of the molecule is COP(=O)(OC)C1(NC(=O)OCc2ccccc2)CCN(C(=O)C(CCCCNC(=O)OC(C)(C)C)NC(=O)C(CC(C)C)NC(=O)C(Cc2ccccc2)NC(=O)C(Cc2ccccc2)NC(=O)OC(C)(C)C)CC1. The Bertz CT molecular complexity index is 2400. The minimum atomic E-state index is -4.06. The third-order valence-corrected chi connectivity index (χ3v) is 14.8. The molecule has 1 aliphatic rings. The van der Waals surface area contributed by atoms with Crippen LogP contribution >= 0.6 is 7.60 Å². The molecule has 1 aliphatic heterocycles. The highest BCUT2D eigenvalue weighted by atomic mass is 31.2. The first-order valence-corrected chi connectivity index (χ1v) is 27.3. The second-order valence-corrected chi connectivity index (χ2v) is 23.8. The number of piperidine rings is 1. The van der Waals surface area contributed by atoms with E-state index in [1.54, 1.807) is 102 Å². The van der Waals surface area contributed by atoms with Gasteiger partial charge in [0.05, 0.1) is 0 Å². The van der Waals surface area contributed by atoms with Gasteiger partial charge in [-0.2, -0.15) is 0 Å². The molecule has 6 N–H and O–H groups in total. The van der Waals surface area contributed by atoms with Crippen LogP contribution in [0.1, 0.15) is 111 Å². The zero-order chi connectivity index (χ0) is 56.1. The van der Waals surface area contributed by atoms with E-state index in [0.717, 1.165) is 11.1 Å². The van der Waals surface area contributed by atoms with Gasteiger partial charge in [-0.15, -0.1) is 0 Å². The lowest BCUT2D eigenvalue weighted by Gasteiger charge is -2.44. The maximum absolute atomic E-state index is 14.7. The van der Waals surface area contributed by atoms with Crippen molar-refractivity contribution < 1.29 is 61.4 Å². The summed E-state index contributed by atoms with van der Waals surface area (Å²) in [4.78, 5) is 98.4. The summed E-state index contributed by atoms with van der Waals surface area (Å²) in [6.45, 7) is 14.2. The number of carbonyl (C=O) groups excluding carboxylic acids is 7. The van der Waals surface area contributed by atoms with E-state index < -0.39 is 90.2 Å². The van der Waals surface area contributed by atoms with Gasteiger partial charge >= 0.3 is 25.9 Å². The number of likely N-dealkylation sites (tertiary alicyclic amines) is 1. The van der Waals surface area contributed by atoms with Gasteiger partial charge in [-0.05, 0) is 103 Å². The lowest BCUT2D eigenvalue weighted by molar-refractivity contribution is -0.139. The van der Waals surface area contributed by atoms with Gasteiger partial charge in [-0.1, -0.05) is 105 Å². The Hall–Kier alpha value is -6.50. The molecular formula is C55H80N7O13P. The summed E-state index contributed by atoms with van der Waals surface area (Å²) in [6, 6.07) is 22.3. The van der Waals surface area contributed by atoms with Crippen molar-refractivity contribution in [2.75, 3.05) is 33.9 Å². The van der Waals surface area contributed by atoms with E-state index in [1.807, 2.05) is 44.2 Å². The van der Waals surface area contributed by atoms with Crippen molar-refractivity contribution in [1.82, 2.24) is 36.8 Å². The number of nitrogens with zero attached hydrogens (tertiary/aromatic N) is 1. The van der Waals surface area contributed by atoms with E-state index in [4.69, 9.17) is 23.3 Å². The van der Waals surface area contributed by atoms with Gasteiger partial charge in [0.25, 0.3) is 0 Å². The minimum absolute atomic E-state index is 0.0203. The zero-order valence-corrected chi connectivity index (χ0v) is 46.6. The van der Waals surface area contributed by atoms with Gasteiger partial charge in [0.15, 0.2) is 0 Å². The Labute approximate surface area is 447 Å². The van der Waals surface area contributed by atoms with Gasteiger partial charge < -0.3 is 60.1 Å². The van der Waals surface area contributed by atoms with Crippen molar-refractivity contribution in [3.05, 3.63) is 108 Å². The van der Waals surface area contributed by atoms with Gasteiger partial charge in [0.1, 0.15) is 47.3 Å². The maximum atomic E-state index is 14.7. The van der Waals surface area contributed by atoms with Crippen molar-refractivity contribution in [2.24, 2.45) is 5.92 Å². The standard InChI is InChI=1S/C55H80N7O13P/c1-38(2)34-43(58-47(64)44(35-39-22-14-11-15-23-39)59-48(65)45(36-40-24-16-12-17-25-40)60-51(68)75-54(6,7)8)46(63)57-42(28-20-21-31-56-50(67)74-53(3,4)5)49(66)62-32-29-55(30-33-62,76(70,71-9)72-10)61-52(69)73-37-41-26-18-13-19-27-41/h11-19,22-27,38,42-45H,20-21,28-37H2,1-10H3,(H,56,67)(H,57,63)(H,58,64)(H,59,65)(H,60,68)(H,61,69). The second kappa shape index (κ2) is 29.1. The normalized spacial score (nSPS) is 15.2. The van der Waals surface area contributed by atoms with Crippen molar-refractivity contribution in [3.8, 4) is 0 Å². The minimum Gasteiger partial charge on any atom is -0.445 e. The van der Waals surface area contributed by atoms with Crippen LogP contribution in [-0.4, -0.2) is 121 Å². The van der Waals surface area contributed by atoms with Crippen LogP contribution in [0.25, 0.3) is 0 Å². The van der Waals surface area contributed by atoms with Crippen LogP contribution in [0, 0.1) is 5.92 Å². The third-order valence-electron chi connectivity index (χ3n) is 12.2. The molecule has 76 heavy (non-hydrogen) atoms. The Morgan fingerprint density at radius 3 is 1.53 bits per heavy atom. The molecule has 1 fully saturated rings. The number of nitrogens with one attached hydrogen (secondary N) is 6. The van der Waals surface area contributed by atoms with E-state index in [0.29, 0.717) is 18.4 Å². The van der Waals surface area contributed by atoms with Crippen molar-refractivity contribution in [3.63, 3.8) is 0 Å². The fourth-order valence-corrected chi connectivity index (χ4v) is 10.3. The molecule has 0 radical (unpaired) electrons. The van der Waals surface area contributed by atoms with Crippen molar-refractivity contribution in [1.29, 1.82) is 0 Å².